The molecule has 1 aliphatic carbocycles. The number of nitrogens with one attached hydrogen (secondary N) is 2. The number of rotatable bonds is 6. The molecule has 0 amide bonds. The van der Waals surface area contributed by atoms with E-state index in [9.17, 15) is 5.11 Å². The molecule has 2 rings (SSSR count). The van der Waals surface area contributed by atoms with E-state index >= 15 is 0 Å². The highest BCUT2D eigenvalue weighted by atomic mass is 16.3. The molecule has 3 N–H and O–H groups in total. The lowest BCUT2D eigenvalue weighted by molar-refractivity contribution is 0.134. The number of aliphatic hydroxyl groups excluding tert-OH is 1. The van der Waals surface area contributed by atoms with Gasteiger partial charge in [-0.2, -0.15) is 0 Å². The van der Waals surface area contributed by atoms with Gasteiger partial charge in [-0.05, 0) is 32.3 Å². The predicted octanol–water partition coefficient (Wildman–Crippen LogP) is 2.81. The third-order valence-corrected chi connectivity index (χ3v) is 4.63. The van der Waals surface area contributed by atoms with Crippen LogP contribution in [-0.4, -0.2) is 36.8 Å². The zero-order valence-corrected chi connectivity index (χ0v) is 14.7. The van der Waals surface area contributed by atoms with Crippen molar-refractivity contribution in [1.29, 1.82) is 0 Å². The van der Waals surface area contributed by atoms with Gasteiger partial charge in [0.1, 0.15) is 0 Å². The molecule has 3 unspecified atom stereocenters. The molecule has 1 aromatic rings. The summed E-state index contributed by atoms with van der Waals surface area (Å²) in [5, 5.41) is 16.6. The first-order valence-corrected chi connectivity index (χ1v) is 8.87. The van der Waals surface area contributed by atoms with Crippen LogP contribution in [0, 0.1) is 12.8 Å². The molecule has 0 radical (unpaired) electrons. The smallest absolute Gasteiger partial charge is 0.191 e. The molecule has 3 atom stereocenters. The Morgan fingerprint density at radius 2 is 2.17 bits per heavy atom. The van der Waals surface area contributed by atoms with Gasteiger partial charge in [0, 0.05) is 31.5 Å². The fourth-order valence-corrected chi connectivity index (χ4v) is 3.14. The SMILES string of the molecule is CCNC(=NCC(C)c1cccc(C)c1)NCC1CCCC1O. The minimum Gasteiger partial charge on any atom is -0.393 e. The van der Waals surface area contributed by atoms with Crippen molar-refractivity contribution in [1.82, 2.24) is 10.6 Å². The maximum atomic E-state index is 9.92. The van der Waals surface area contributed by atoms with Crippen molar-refractivity contribution in [2.24, 2.45) is 10.9 Å². The fourth-order valence-electron chi connectivity index (χ4n) is 3.14. The molecule has 4 nitrogen and oxygen atoms in total. The first kappa shape index (κ1) is 17.8. The van der Waals surface area contributed by atoms with Gasteiger partial charge in [-0.15, -0.1) is 0 Å². The first-order chi connectivity index (χ1) is 11.1. The lowest BCUT2D eigenvalue weighted by Gasteiger charge is -2.18. The van der Waals surface area contributed by atoms with Crippen LogP contribution >= 0.6 is 0 Å². The Morgan fingerprint density at radius 1 is 1.35 bits per heavy atom. The van der Waals surface area contributed by atoms with Crippen LogP contribution in [-0.2, 0) is 0 Å². The summed E-state index contributed by atoms with van der Waals surface area (Å²) in [7, 11) is 0. The lowest BCUT2D eigenvalue weighted by atomic mass is 10.00. The van der Waals surface area contributed by atoms with Crippen molar-refractivity contribution >= 4 is 5.96 Å². The van der Waals surface area contributed by atoms with Crippen molar-refractivity contribution in [2.45, 2.75) is 52.1 Å². The molecule has 1 aliphatic rings. The lowest BCUT2D eigenvalue weighted by Crippen LogP contribution is -2.41. The van der Waals surface area contributed by atoms with Gasteiger partial charge in [-0.3, -0.25) is 4.99 Å². The van der Waals surface area contributed by atoms with E-state index < -0.39 is 0 Å². The van der Waals surface area contributed by atoms with Gasteiger partial charge in [0.15, 0.2) is 5.96 Å². The standard InChI is InChI=1S/C19H31N3O/c1-4-20-19(22-13-17-9-6-10-18(17)23)21-12-15(3)16-8-5-7-14(2)11-16/h5,7-8,11,15,17-18,23H,4,6,9-10,12-13H2,1-3H3,(H2,20,21,22). The Labute approximate surface area is 140 Å². The van der Waals surface area contributed by atoms with E-state index in [1.165, 1.54) is 11.1 Å². The molecule has 0 aromatic heterocycles. The van der Waals surface area contributed by atoms with Gasteiger partial charge in [0.25, 0.3) is 0 Å². The van der Waals surface area contributed by atoms with Crippen molar-refractivity contribution in [3.63, 3.8) is 0 Å². The number of nitrogens with zero attached hydrogens (tertiary/aromatic N) is 1. The third-order valence-electron chi connectivity index (χ3n) is 4.63. The summed E-state index contributed by atoms with van der Waals surface area (Å²) in [5.74, 6) is 1.60. The molecule has 0 spiro atoms. The average molecular weight is 317 g/mol. The summed E-state index contributed by atoms with van der Waals surface area (Å²) in [5.41, 5.74) is 2.62. The van der Waals surface area contributed by atoms with Crippen LogP contribution in [0.5, 0.6) is 0 Å². The maximum absolute atomic E-state index is 9.92. The van der Waals surface area contributed by atoms with Gasteiger partial charge in [-0.1, -0.05) is 43.2 Å². The quantitative estimate of drug-likeness (QED) is 0.558. The maximum Gasteiger partial charge on any atom is 0.191 e. The molecule has 128 valence electrons. The Balaban J connectivity index is 1.89. The number of benzene rings is 1. The fraction of sp³-hybridized carbons (Fsp3) is 0.632. The number of aliphatic hydroxyl groups is 1. The van der Waals surface area contributed by atoms with Gasteiger partial charge < -0.3 is 15.7 Å². The van der Waals surface area contributed by atoms with Crippen molar-refractivity contribution in [3.8, 4) is 0 Å². The molecule has 0 bridgehead atoms. The zero-order valence-electron chi connectivity index (χ0n) is 14.7. The average Bonchev–Trinajstić information content (AvgIpc) is 2.95. The summed E-state index contributed by atoms with van der Waals surface area (Å²) in [6, 6.07) is 8.63. The number of hydrogen-bond donors (Lipinski definition) is 3. The topological polar surface area (TPSA) is 56.7 Å². The van der Waals surface area contributed by atoms with E-state index in [1.54, 1.807) is 0 Å². The summed E-state index contributed by atoms with van der Waals surface area (Å²) < 4.78 is 0. The highest BCUT2D eigenvalue weighted by Gasteiger charge is 2.24. The summed E-state index contributed by atoms with van der Waals surface area (Å²) in [4.78, 5) is 4.72. The highest BCUT2D eigenvalue weighted by Crippen LogP contribution is 2.24. The molecule has 0 saturated heterocycles. The van der Waals surface area contributed by atoms with Crippen LogP contribution in [0.15, 0.2) is 29.3 Å². The highest BCUT2D eigenvalue weighted by molar-refractivity contribution is 5.79. The molecule has 1 saturated carbocycles. The molecule has 23 heavy (non-hydrogen) atoms. The minimum absolute atomic E-state index is 0.156. The normalized spacial score (nSPS) is 22.9. The van der Waals surface area contributed by atoms with Gasteiger partial charge in [-0.25, -0.2) is 0 Å². The predicted molar refractivity (Wildman–Crippen MR) is 96.9 cm³/mol. The first-order valence-electron chi connectivity index (χ1n) is 8.87. The summed E-state index contributed by atoms with van der Waals surface area (Å²) in [6.45, 7) is 8.81. The van der Waals surface area contributed by atoms with Crippen molar-refractivity contribution < 1.29 is 5.11 Å². The van der Waals surface area contributed by atoms with Gasteiger partial charge in [0.05, 0.1) is 6.10 Å². The molecule has 1 fully saturated rings. The molecule has 4 heteroatoms. The van der Waals surface area contributed by atoms with Crippen LogP contribution in [0.3, 0.4) is 0 Å². The second kappa shape index (κ2) is 8.92. The Hall–Kier alpha value is -1.55. The van der Waals surface area contributed by atoms with E-state index in [0.29, 0.717) is 11.8 Å². The minimum atomic E-state index is -0.156. The van der Waals surface area contributed by atoms with Crippen molar-refractivity contribution in [2.75, 3.05) is 19.6 Å². The largest absolute Gasteiger partial charge is 0.393 e. The number of hydrogen-bond acceptors (Lipinski definition) is 2. The van der Waals surface area contributed by atoms with Crippen LogP contribution in [0.4, 0.5) is 0 Å². The third kappa shape index (κ3) is 5.54. The number of aliphatic imine (C=N–C) groups is 1. The Kier molecular flexibility index (Phi) is 6.90. The molecule has 0 heterocycles. The molecule has 0 aliphatic heterocycles. The number of aryl methyl sites for hydroxylation is 1. The van der Waals surface area contributed by atoms with Crippen LogP contribution in [0.25, 0.3) is 0 Å². The number of guanidine groups is 1. The monoisotopic (exact) mass is 317 g/mol. The van der Waals surface area contributed by atoms with Crippen LogP contribution in [0.1, 0.15) is 50.2 Å². The van der Waals surface area contributed by atoms with E-state index in [2.05, 4.69) is 55.7 Å². The Bertz CT molecular complexity index is 515. The summed E-state index contributed by atoms with van der Waals surface area (Å²) >= 11 is 0. The second-order valence-corrected chi connectivity index (χ2v) is 6.67. The van der Waals surface area contributed by atoms with Crippen molar-refractivity contribution in [3.05, 3.63) is 35.4 Å². The molecular weight excluding hydrogens is 286 g/mol. The van der Waals surface area contributed by atoms with Gasteiger partial charge in [0.2, 0.25) is 0 Å². The second-order valence-electron chi connectivity index (χ2n) is 6.67. The van der Waals surface area contributed by atoms with E-state index in [4.69, 9.17) is 4.99 Å². The van der Waals surface area contributed by atoms with Gasteiger partial charge >= 0.3 is 0 Å². The molecule has 1 aromatic carbocycles. The van der Waals surface area contributed by atoms with E-state index in [0.717, 1.165) is 44.9 Å². The Morgan fingerprint density at radius 3 is 2.83 bits per heavy atom. The zero-order chi connectivity index (χ0) is 16.7. The van der Waals surface area contributed by atoms with Crippen LogP contribution in [0.2, 0.25) is 0 Å². The summed E-state index contributed by atoms with van der Waals surface area (Å²) in [6.07, 6.45) is 3.01. The molecular formula is C19H31N3O. The van der Waals surface area contributed by atoms with E-state index in [-0.39, 0.29) is 6.10 Å². The van der Waals surface area contributed by atoms with E-state index in [1.807, 2.05) is 0 Å². The van der Waals surface area contributed by atoms with Crippen LogP contribution < -0.4 is 10.6 Å².